The van der Waals surface area contributed by atoms with E-state index in [1.807, 2.05) is 37.3 Å². The first kappa shape index (κ1) is 20.7. The van der Waals surface area contributed by atoms with Crippen molar-refractivity contribution in [3.63, 3.8) is 0 Å². The number of benzene rings is 2. The number of hydrogen-bond acceptors (Lipinski definition) is 4. The number of rotatable bonds is 8. The van der Waals surface area contributed by atoms with Gasteiger partial charge < -0.3 is 10.2 Å². The van der Waals surface area contributed by atoms with Crippen LogP contribution in [-0.4, -0.2) is 45.8 Å². The predicted octanol–water partition coefficient (Wildman–Crippen LogP) is 2.88. The van der Waals surface area contributed by atoms with Crippen LogP contribution in [0.25, 0.3) is 0 Å². The van der Waals surface area contributed by atoms with E-state index >= 15 is 0 Å². The Morgan fingerprint density at radius 2 is 1.81 bits per heavy atom. The fourth-order valence-electron chi connectivity index (χ4n) is 2.52. The van der Waals surface area contributed by atoms with Gasteiger partial charge in [-0.05, 0) is 36.8 Å². The Bertz CT molecular complexity index is 909. The molecule has 0 bridgehead atoms. The molecule has 27 heavy (non-hydrogen) atoms. The Morgan fingerprint density at radius 3 is 2.41 bits per heavy atom. The average molecular weight is 388 g/mol. The van der Waals surface area contributed by atoms with Gasteiger partial charge in [-0.25, -0.2) is 12.7 Å². The summed E-state index contributed by atoms with van der Waals surface area (Å²) < 4.78 is 25.8. The molecule has 6 nitrogen and oxygen atoms in total. The van der Waals surface area contributed by atoms with Gasteiger partial charge >= 0.3 is 0 Å². The van der Waals surface area contributed by atoms with Crippen LogP contribution in [-0.2, 0) is 14.8 Å². The third-order valence-electron chi connectivity index (χ3n) is 4.10. The Kier molecular flexibility index (Phi) is 6.76. The summed E-state index contributed by atoms with van der Waals surface area (Å²) in [5.41, 5.74) is 2.25. The molecule has 2 aromatic rings. The molecule has 0 fully saturated rings. The van der Waals surface area contributed by atoms with Crippen molar-refractivity contribution < 1.29 is 13.2 Å². The minimum atomic E-state index is -3.54. The summed E-state index contributed by atoms with van der Waals surface area (Å²) in [5, 5.41) is 3.06. The van der Waals surface area contributed by atoms with Crippen molar-refractivity contribution in [2.45, 2.75) is 11.8 Å². The molecule has 0 aliphatic carbocycles. The third-order valence-corrected chi connectivity index (χ3v) is 5.91. The quantitative estimate of drug-likeness (QED) is 0.707. The molecule has 0 aliphatic rings. The number of amides is 1. The lowest BCUT2D eigenvalue weighted by Gasteiger charge is -2.22. The van der Waals surface area contributed by atoms with Crippen molar-refractivity contribution in [3.05, 3.63) is 66.7 Å². The number of anilines is 2. The summed E-state index contributed by atoms with van der Waals surface area (Å²) in [7, 11) is -0.568. The van der Waals surface area contributed by atoms with Crippen LogP contribution in [0.2, 0.25) is 0 Å². The molecule has 0 heterocycles. The summed E-state index contributed by atoms with van der Waals surface area (Å²) in [6.07, 6.45) is 1.67. The number of para-hydroxylation sites is 1. The van der Waals surface area contributed by atoms with E-state index in [1.54, 1.807) is 29.2 Å². The minimum absolute atomic E-state index is 0.0367. The van der Waals surface area contributed by atoms with Crippen LogP contribution in [0.15, 0.2) is 66.1 Å². The van der Waals surface area contributed by atoms with Gasteiger partial charge in [0.05, 0.1) is 11.4 Å². The van der Waals surface area contributed by atoms with E-state index in [1.165, 1.54) is 14.1 Å². The second-order valence-corrected chi connectivity index (χ2v) is 8.40. The lowest BCUT2D eigenvalue weighted by molar-refractivity contribution is -0.116. The average Bonchev–Trinajstić information content (AvgIpc) is 2.65. The van der Waals surface area contributed by atoms with Gasteiger partial charge in [0, 0.05) is 32.0 Å². The summed E-state index contributed by atoms with van der Waals surface area (Å²) >= 11 is 0. The number of sulfonamides is 1. The zero-order chi connectivity index (χ0) is 20.0. The lowest BCUT2D eigenvalue weighted by Crippen LogP contribution is -2.35. The Hall–Kier alpha value is -2.64. The molecule has 1 amide bonds. The number of carbonyl (C=O) groups excluding carboxylic acids is 1. The van der Waals surface area contributed by atoms with E-state index in [9.17, 15) is 13.2 Å². The molecule has 2 aromatic carbocycles. The minimum Gasteiger partial charge on any atom is -0.376 e. The molecular weight excluding hydrogens is 362 g/mol. The largest absolute Gasteiger partial charge is 0.376 e. The van der Waals surface area contributed by atoms with E-state index in [-0.39, 0.29) is 17.3 Å². The van der Waals surface area contributed by atoms with Crippen molar-refractivity contribution in [3.8, 4) is 0 Å². The maximum absolute atomic E-state index is 12.7. The van der Waals surface area contributed by atoms with Gasteiger partial charge in [-0.1, -0.05) is 30.3 Å². The molecule has 1 N–H and O–H groups in total. The SMILES string of the molecule is C=CCN(C(=O)CNc1cc(S(=O)(=O)N(C)C)ccc1C)c1ccccc1. The van der Waals surface area contributed by atoms with E-state index in [0.29, 0.717) is 12.2 Å². The second-order valence-electron chi connectivity index (χ2n) is 6.25. The zero-order valence-corrected chi connectivity index (χ0v) is 16.7. The molecular formula is C20H25N3O3S. The standard InChI is InChI=1S/C20H25N3O3S/c1-5-13-23(17-9-7-6-8-10-17)20(24)15-21-19-14-18(12-11-16(19)2)27(25,26)22(3)4/h5-12,14,21H,1,13,15H2,2-4H3. The molecule has 0 saturated heterocycles. The van der Waals surface area contributed by atoms with Crippen LogP contribution in [0, 0.1) is 6.92 Å². The van der Waals surface area contributed by atoms with Crippen molar-refractivity contribution in [1.82, 2.24) is 4.31 Å². The monoisotopic (exact) mass is 387 g/mol. The maximum atomic E-state index is 12.7. The van der Waals surface area contributed by atoms with Gasteiger partial charge in [0.1, 0.15) is 0 Å². The molecule has 0 atom stereocenters. The van der Waals surface area contributed by atoms with Gasteiger partial charge in [0.15, 0.2) is 0 Å². The van der Waals surface area contributed by atoms with Gasteiger partial charge in [0.2, 0.25) is 15.9 Å². The smallest absolute Gasteiger partial charge is 0.246 e. The predicted molar refractivity (Wildman–Crippen MR) is 110 cm³/mol. The van der Waals surface area contributed by atoms with Crippen molar-refractivity contribution in [1.29, 1.82) is 0 Å². The highest BCUT2D eigenvalue weighted by Crippen LogP contribution is 2.22. The second kappa shape index (κ2) is 8.83. The molecule has 2 rings (SSSR count). The first-order valence-corrected chi connectivity index (χ1v) is 9.94. The Morgan fingerprint density at radius 1 is 1.15 bits per heavy atom. The molecule has 0 aromatic heterocycles. The van der Waals surface area contributed by atoms with E-state index < -0.39 is 10.0 Å². The molecule has 144 valence electrons. The number of nitrogens with zero attached hydrogens (tertiary/aromatic N) is 2. The molecule has 0 unspecified atom stereocenters. The first-order valence-electron chi connectivity index (χ1n) is 8.50. The third kappa shape index (κ3) is 4.96. The summed E-state index contributed by atoms with van der Waals surface area (Å²) in [4.78, 5) is 14.5. The molecule has 0 aliphatic heterocycles. The topological polar surface area (TPSA) is 69.7 Å². The van der Waals surface area contributed by atoms with E-state index in [2.05, 4.69) is 11.9 Å². The highest BCUT2D eigenvalue weighted by Gasteiger charge is 2.19. The van der Waals surface area contributed by atoms with E-state index in [4.69, 9.17) is 0 Å². The normalized spacial score (nSPS) is 11.3. The van der Waals surface area contributed by atoms with Gasteiger partial charge in [-0.3, -0.25) is 4.79 Å². The number of carbonyl (C=O) groups is 1. The number of aryl methyl sites for hydroxylation is 1. The van der Waals surface area contributed by atoms with Crippen LogP contribution in [0.1, 0.15) is 5.56 Å². The number of hydrogen-bond donors (Lipinski definition) is 1. The zero-order valence-electron chi connectivity index (χ0n) is 15.8. The molecule has 7 heteroatoms. The van der Waals surface area contributed by atoms with Crippen molar-refractivity contribution in [2.24, 2.45) is 0 Å². The van der Waals surface area contributed by atoms with Gasteiger partial charge in [0.25, 0.3) is 0 Å². The van der Waals surface area contributed by atoms with E-state index in [0.717, 1.165) is 15.6 Å². The molecule has 0 spiro atoms. The highest BCUT2D eigenvalue weighted by atomic mass is 32.2. The maximum Gasteiger partial charge on any atom is 0.246 e. The fraction of sp³-hybridized carbons (Fsp3) is 0.250. The lowest BCUT2D eigenvalue weighted by atomic mass is 10.2. The van der Waals surface area contributed by atoms with Crippen LogP contribution in [0.4, 0.5) is 11.4 Å². The van der Waals surface area contributed by atoms with Crippen LogP contribution in [0.5, 0.6) is 0 Å². The fourth-order valence-corrected chi connectivity index (χ4v) is 3.45. The molecule has 0 radical (unpaired) electrons. The van der Waals surface area contributed by atoms with Crippen LogP contribution >= 0.6 is 0 Å². The highest BCUT2D eigenvalue weighted by molar-refractivity contribution is 7.89. The number of nitrogens with one attached hydrogen (secondary N) is 1. The van der Waals surface area contributed by atoms with Crippen molar-refractivity contribution in [2.75, 3.05) is 37.4 Å². The Labute approximate surface area is 161 Å². The summed E-state index contributed by atoms with van der Waals surface area (Å²) in [6, 6.07) is 14.2. The van der Waals surface area contributed by atoms with Crippen LogP contribution < -0.4 is 10.2 Å². The molecule has 0 saturated carbocycles. The summed E-state index contributed by atoms with van der Waals surface area (Å²) in [5.74, 6) is -0.138. The van der Waals surface area contributed by atoms with Gasteiger partial charge in [-0.15, -0.1) is 6.58 Å². The summed E-state index contributed by atoms with van der Waals surface area (Å²) in [6.45, 7) is 5.99. The first-order chi connectivity index (χ1) is 12.8. The van der Waals surface area contributed by atoms with Gasteiger partial charge in [-0.2, -0.15) is 0 Å². The van der Waals surface area contributed by atoms with Crippen molar-refractivity contribution >= 4 is 27.3 Å². The Balaban J connectivity index is 2.20. The van der Waals surface area contributed by atoms with Crippen LogP contribution in [0.3, 0.4) is 0 Å².